The Labute approximate surface area is 165 Å². The number of aromatic nitrogens is 1. The first kappa shape index (κ1) is 16.9. The number of para-hydroxylation sites is 2. The average molecular weight is 390 g/mol. The number of benzene rings is 2. The van der Waals surface area contributed by atoms with Gasteiger partial charge in [0.15, 0.2) is 5.13 Å². The smallest absolute Gasteiger partial charge is 0.279 e. The zero-order valence-corrected chi connectivity index (χ0v) is 15.9. The van der Waals surface area contributed by atoms with Crippen molar-refractivity contribution in [2.45, 2.75) is 0 Å². The highest BCUT2D eigenvalue weighted by molar-refractivity contribution is 7.17. The SMILES string of the molecule is O=C1N=c2ccccc2=C1c1sc(N2CCN(c3ccccc3)CC2)nc1O. The third-order valence-corrected chi connectivity index (χ3v) is 6.23. The van der Waals surface area contributed by atoms with Gasteiger partial charge in [0.2, 0.25) is 5.88 Å². The number of rotatable bonds is 3. The summed E-state index contributed by atoms with van der Waals surface area (Å²) >= 11 is 1.36. The number of anilines is 2. The molecule has 1 aromatic heterocycles. The predicted molar refractivity (Wildman–Crippen MR) is 109 cm³/mol. The standard InChI is InChI=1S/C21H18N4O2S/c26-19-17(15-8-4-5-9-16(15)22-19)18-20(27)23-21(28-18)25-12-10-24(11-13-25)14-6-2-1-3-7-14/h1-9,27H,10-13H2. The van der Waals surface area contributed by atoms with Crippen LogP contribution in [0.15, 0.2) is 59.6 Å². The number of piperazine rings is 1. The van der Waals surface area contributed by atoms with Crippen LogP contribution in [0.1, 0.15) is 4.88 Å². The summed E-state index contributed by atoms with van der Waals surface area (Å²) in [7, 11) is 0. The summed E-state index contributed by atoms with van der Waals surface area (Å²) < 4.78 is 0. The molecule has 7 heteroatoms. The van der Waals surface area contributed by atoms with E-state index in [0.717, 1.165) is 36.5 Å². The van der Waals surface area contributed by atoms with Gasteiger partial charge in [-0.25, -0.2) is 4.99 Å². The van der Waals surface area contributed by atoms with E-state index in [9.17, 15) is 9.90 Å². The lowest BCUT2D eigenvalue weighted by atomic mass is 10.1. The molecule has 1 amide bonds. The normalized spacial score (nSPS) is 16.3. The average Bonchev–Trinajstić information content (AvgIpc) is 3.27. The minimum atomic E-state index is -0.319. The molecule has 2 aliphatic rings. The van der Waals surface area contributed by atoms with Crippen LogP contribution in [0.2, 0.25) is 0 Å². The Morgan fingerprint density at radius 2 is 1.57 bits per heavy atom. The van der Waals surface area contributed by atoms with Crippen molar-refractivity contribution in [3.8, 4) is 5.88 Å². The fourth-order valence-electron chi connectivity index (χ4n) is 3.68. The number of nitrogens with zero attached hydrogens (tertiary/aromatic N) is 4. The van der Waals surface area contributed by atoms with E-state index in [1.165, 1.54) is 17.0 Å². The Morgan fingerprint density at radius 1 is 0.893 bits per heavy atom. The first-order valence-electron chi connectivity index (χ1n) is 9.18. The molecule has 28 heavy (non-hydrogen) atoms. The molecule has 0 saturated carbocycles. The van der Waals surface area contributed by atoms with Gasteiger partial charge in [0.25, 0.3) is 5.91 Å². The number of amides is 1. The quantitative estimate of drug-likeness (QED) is 0.735. The van der Waals surface area contributed by atoms with Gasteiger partial charge < -0.3 is 14.9 Å². The van der Waals surface area contributed by atoms with Crippen LogP contribution < -0.4 is 20.4 Å². The van der Waals surface area contributed by atoms with Crippen molar-refractivity contribution in [2.24, 2.45) is 4.99 Å². The Kier molecular flexibility index (Phi) is 4.09. The Balaban J connectivity index is 1.41. The maximum atomic E-state index is 12.4. The molecular weight excluding hydrogens is 372 g/mol. The largest absolute Gasteiger partial charge is 0.492 e. The van der Waals surface area contributed by atoms with E-state index in [2.05, 4.69) is 31.9 Å². The van der Waals surface area contributed by atoms with Gasteiger partial charge in [0.05, 0.1) is 10.9 Å². The third-order valence-electron chi connectivity index (χ3n) is 5.11. The monoisotopic (exact) mass is 390 g/mol. The zero-order chi connectivity index (χ0) is 19.1. The number of carbonyl (C=O) groups is 1. The molecule has 0 unspecified atom stereocenters. The Morgan fingerprint density at radius 3 is 2.36 bits per heavy atom. The number of hydrogen-bond donors (Lipinski definition) is 1. The molecule has 6 nitrogen and oxygen atoms in total. The molecule has 2 aliphatic heterocycles. The highest BCUT2D eigenvalue weighted by Gasteiger charge is 2.27. The predicted octanol–water partition coefficient (Wildman–Crippen LogP) is 1.53. The molecule has 0 spiro atoms. The fourth-order valence-corrected chi connectivity index (χ4v) is 4.74. The maximum absolute atomic E-state index is 12.4. The second kappa shape index (κ2) is 6.76. The van der Waals surface area contributed by atoms with Crippen LogP contribution in [0.5, 0.6) is 5.88 Å². The molecule has 0 aliphatic carbocycles. The van der Waals surface area contributed by atoms with E-state index in [1.807, 2.05) is 42.5 Å². The minimum absolute atomic E-state index is 0.0965. The summed E-state index contributed by atoms with van der Waals surface area (Å²) in [5, 5.41) is 12.6. The van der Waals surface area contributed by atoms with Crippen LogP contribution in [-0.4, -0.2) is 42.2 Å². The Hall–Kier alpha value is -3.19. The number of hydrogen-bond acceptors (Lipinski definition) is 6. The number of thiazole rings is 1. The summed E-state index contributed by atoms with van der Waals surface area (Å²) in [6.07, 6.45) is 0. The third kappa shape index (κ3) is 2.84. The maximum Gasteiger partial charge on any atom is 0.279 e. The van der Waals surface area contributed by atoms with Gasteiger partial charge in [-0.3, -0.25) is 4.79 Å². The van der Waals surface area contributed by atoms with Crippen molar-refractivity contribution >= 4 is 33.6 Å². The van der Waals surface area contributed by atoms with Crippen molar-refractivity contribution < 1.29 is 9.90 Å². The molecule has 1 saturated heterocycles. The second-order valence-electron chi connectivity index (χ2n) is 6.77. The van der Waals surface area contributed by atoms with E-state index in [-0.39, 0.29) is 11.8 Å². The molecule has 0 bridgehead atoms. The summed E-state index contributed by atoms with van der Waals surface area (Å²) in [6, 6.07) is 17.7. The van der Waals surface area contributed by atoms with Crippen LogP contribution in [0.25, 0.3) is 5.57 Å². The lowest BCUT2D eigenvalue weighted by molar-refractivity contribution is -0.112. The molecule has 0 radical (unpaired) electrons. The molecule has 3 heterocycles. The topological polar surface area (TPSA) is 69.0 Å². The highest BCUT2D eigenvalue weighted by atomic mass is 32.1. The minimum Gasteiger partial charge on any atom is -0.492 e. The second-order valence-corrected chi connectivity index (χ2v) is 7.75. The van der Waals surface area contributed by atoms with Crippen molar-refractivity contribution in [1.29, 1.82) is 0 Å². The number of aromatic hydroxyl groups is 1. The summed E-state index contributed by atoms with van der Waals surface area (Å²) in [4.78, 5) is 25.9. The Bertz CT molecular complexity index is 1160. The van der Waals surface area contributed by atoms with E-state index < -0.39 is 0 Å². The van der Waals surface area contributed by atoms with Gasteiger partial charge in [-0.1, -0.05) is 47.7 Å². The summed E-state index contributed by atoms with van der Waals surface area (Å²) in [6.45, 7) is 3.39. The lowest BCUT2D eigenvalue weighted by Gasteiger charge is -2.35. The van der Waals surface area contributed by atoms with Gasteiger partial charge in [-0.15, -0.1) is 0 Å². The molecule has 140 valence electrons. The molecular formula is C21H18N4O2S. The van der Waals surface area contributed by atoms with Gasteiger partial charge in [0.1, 0.15) is 4.88 Å². The van der Waals surface area contributed by atoms with E-state index >= 15 is 0 Å². The molecule has 5 rings (SSSR count). The van der Waals surface area contributed by atoms with Gasteiger partial charge >= 0.3 is 0 Å². The van der Waals surface area contributed by atoms with E-state index in [0.29, 0.717) is 15.8 Å². The van der Waals surface area contributed by atoms with Crippen LogP contribution in [0.4, 0.5) is 10.8 Å². The van der Waals surface area contributed by atoms with Gasteiger partial charge in [0, 0.05) is 37.1 Å². The molecule has 2 aromatic carbocycles. The van der Waals surface area contributed by atoms with Crippen molar-refractivity contribution in [2.75, 3.05) is 36.0 Å². The van der Waals surface area contributed by atoms with E-state index in [4.69, 9.17) is 0 Å². The lowest BCUT2D eigenvalue weighted by Crippen LogP contribution is -2.46. The van der Waals surface area contributed by atoms with Gasteiger partial charge in [-0.05, 0) is 18.2 Å². The number of fused-ring (bicyclic) bond motifs is 1. The number of carbonyl (C=O) groups excluding carboxylic acids is 1. The molecule has 1 fully saturated rings. The molecule has 0 atom stereocenters. The molecule has 3 aromatic rings. The van der Waals surface area contributed by atoms with Crippen molar-refractivity contribution in [3.05, 3.63) is 70.1 Å². The summed E-state index contributed by atoms with van der Waals surface area (Å²) in [5.41, 5.74) is 1.66. The van der Waals surface area contributed by atoms with Crippen LogP contribution in [-0.2, 0) is 4.79 Å². The highest BCUT2D eigenvalue weighted by Crippen LogP contribution is 2.36. The van der Waals surface area contributed by atoms with E-state index in [1.54, 1.807) is 0 Å². The van der Waals surface area contributed by atoms with Crippen LogP contribution in [0.3, 0.4) is 0 Å². The fraction of sp³-hybridized carbons (Fsp3) is 0.190. The van der Waals surface area contributed by atoms with Gasteiger partial charge in [-0.2, -0.15) is 4.98 Å². The van der Waals surface area contributed by atoms with Crippen LogP contribution >= 0.6 is 11.3 Å². The summed E-state index contributed by atoms with van der Waals surface area (Å²) in [5.74, 6) is -0.415. The first-order chi connectivity index (χ1) is 13.7. The van der Waals surface area contributed by atoms with Crippen molar-refractivity contribution in [1.82, 2.24) is 4.98 Å². The van der Waals surface area contributed by atoms with Crippen molar-refractivity contribution in [3.63, 3.8) is 0 Å². The first-order valence-corrected chi connectivity index (χ1v) is 10.00. The van der Waals surface area contributed by atoms with Crippen LogP contribution in [0, 0.1) is 0 Å². The zero-order valence-electron chi connectivity index (χ0n) is 15.1. The molecule has 1 N–H and O–H groups in total.